The molecule has 118 valence electrons. The van der Waals surface area contributed by atoms with Crippen LogP contribution >= 0.6 is 0 Å². The fourth-order valence-corrected chi connectivity index (χ4v) is 4.25. The van der Waals surface area contributed by atoms with Gasteiger partial charge in [0, 0.05) is 25.4 Å². The molecular weight excluding hydrogens is 276 g/mol. The molecule has 2 saturated heterocycles. The van der Waals surface area contributed by atoms with Crippen LogP contribution in [0.5, 0.6) is 0 Å². The van der Waals surface area contributed by atoms with Crippen molar-refractivity contribution in [2.45, 2.75) is 44.2 Å². The van der Waals surface area contributed by atoms with Gasteiger partial charge in [0.2, 0.25) is 5.91 Å². The van der Waals surface area contributed by atoms with Crippen LogP contribution in [0.25, 0.3) is 0 Å². The molecule has 0 unspecified atom stereocenters. The maximum atomic E-state index is 12.7. The summed E-state index contributed by atoms with van der Waals surface area (Å²) in [6.07, 6.45) is 5.80. The van der Waals surface area contributed by atoms with Crippen molar-refractivity contribution in [3.8, 4) is 0 Å². The lowest BCUT2D eigenvalue weighted by Gasteiger charge is -2.43. The molecule has 1 aromatic carbocycles. The predicted molar refractivity (Wildman–Crippen MR) is 85.8 cm³/mol. The average Bonchev–Trinajstić information content (AvgIpc) is 2.72. The Balaban J connectivity index is 1.48. The highest BCUT2D eigenvalue weighted by atomic mass is 16.5. The summed E-state index contributed by atoms with van der Waals surface area (Å²) in [5.74, 6) is 0.779. The molecule has 3 atom stereocenters. The van der Waals surface area contributed by atoms with Crippen LogP contribution in [0.4, 0.5) is 5.69 Å². The topological polar surface area (TPSA) is 41.6 Å². The maximum absolute atomic E-state index is 12.7. The van der Waals surface area contributed by atoms with Gasteiger partial charge in [-0.25, -0.2) is 0 Å². The number of aryl methyl sites for hydroxylation is 1. The number of carbonyl (C=O) groups is 1. The summed E-state index contributed by atoms with van der Waals surface area (Å²) in [5, 5.41) is 3.13. The quantitative estimate of drug-likeness (QED) is 0.866. The zero-order valence-corrected chi connectivity index (χ0v) is 13.0. The highest BCUT2D eigenvalue weighted by Crippen LogP contribution is 2.31. The van der Waals surface area contributed by atoms with Crippen molar-refractivity contribution in [3.05, 3.63) is 29.8 Å². The normalized spacial score (nSPS) is 32.5. The lowest BCUT2D eigenvalue weighted by Crippen LogP contribution is -2.53. The molecule has 4 nitrogen and oxygen atoms in total. The van der Waals surface area contributed by atoms with Crippen molar-refractivity contribution in [1.82, 2.24) is 4.90 Å². The van der Waals surface area contributed by atoms with E-state index < -0.39 is 0 Å². The molecular formula is C18H24N2O2. The van der Waals surface area contributed by atoms with Crippen molar-refractivity contribution in [1.29, 1.82) is 0 Å². The Hall–Kier alpha value is -1.39. The van der Waals surface area contributed by atoms with Crippen LogP contribution in [0, 0.1) is 5.92 Å². The van der Waals surface area contributed by atoms with E-state index >= 15 is 0 Å². The number of rotatable bonds is 1. The Labute approximate surface area is 131 Å². The van der Waals surface area contributed by atoms with E-state index in [2.05, 4.69) is 22.3 Å². The first-order valence-electron chi connectivity index (χ1n) is 8.56. The summed E-state index contributed by atoms with van der Waals surface area (Å²) in [7, 11) is 0. The van der Waals surface area contributed by atoms with Crippen LogP contribution in [0.15, 0.2) is 24.3 Å². The first-order chi connectivity index (χ1) is 10.8. The highest BCUT2D eigenvalue weighted by molar-refractivity contribution is 5.96. The van der Waals surface area contributed by atoms with Crippen molar-refractivity contribution >= 4 is 11.6 Å². The van der Waals surface area contributed by atoms with Crippen LogP contribution in [-0.2, 0) is 16.0 Å². The van der Waals surface area contributed by atoms with E-state index in [0.29, 0.717) is 12.0 Å². The van der Waals surface area contributed by atoms with Crippen LogP contribution < -0.4 is 5.32 Å². The number of hydrogen-bond acceptors (Lipinski definition) is 3. The number of para-hydroxylation sites is 1. The third-order valence-corrected chi connectivity index (χ3v) is 5.45. The summed E-state index contributed by atoms with van der Waals surface area (Å²) in [5.41, 5.74) is 2.25. The second-order valence-electron chi connectivity index (χ2n) is 6.80. The van der Waals surface area contributed by atoms with Gasteiger partial charge >= 0.3 is 0 Å². The molecule has 0 aliphatic carbocycles. The molecule has 0 radical (unpaired) electrons. The number of likely N-dealkylation sites (tertiary alicyclic amines) is 1. The summed E-state index contributed by atoms with van der Waals surface area (Å²) >= 11 is 0. The van der Waals surface area contributed by atoms with Gasteiger partial charge in [0.05, 0.1) is 12.1 Å². The molecule has 3 aliphatic rings. The number of piperidine rings is 1. The van der Waals surface area contributed by atoms with Crippen LogP contribution in [0.3, 0.4) is 0 Å². The first-order valence-corrected chi connectivity index (χ1v) is 8.56. The SMILES string of the molecule is O=C1Nc2ccccc2CC[C@@H]1N1CC[C@H]2OCCC[C@@H]2C1. The second kappa shape index (κ2) is 6.01. The minimum Gasteiger partial charge on any atom is -0.378 e. The Morgan fingerprint density at radius 3 is 3.05 bits per heavy atom. The van der Waals surface area contributed by atoms with Crippen molar-refractivity contribution in [2.24, 2.45) is 5.92 Å². The minimum absolute atomic E-state index is 0.00952. The molecule has 0 saturated carbocycles. The van der Waals surface area contributed by atoms with Crippen LogP contribution in [0.1, 0.15) is 31.2 Å². The van der Waals surface area contributed by atoms with Crippen molar-refractivity contribution in [3.63, 3.8) is 0 Å². The number of amides is 1. The zero-order valence-electron chi connectivity index (χ0n) is 13.0. The summed E-state index contributed by atoms with van der Waals surface area (Å²) < 4.78 is 5.89. The molecule has 4 rings (SSSR count). The molecule has 0 spiro atoms. The Morgan fingerprint density at radius 2 is 2.09 bits per heavy atom. The largest absolute Gasteiger partial charge is 0.378 e. The van der Waals surface area contributed by atoms with E-state index in [4.69, 9.17) is 4.74 Å². The Morgan fingerprint density at radius 1 is 1.18 bits per heavy atom. The monoisotopic (exact) mass is 300 g/mol. The van der Waals surface area contributed by atoms with Gasteiger partial charge in [-0.15, -0.1) is 0 Å². The first kappa shape index (κ1) is 14.2. The van der Waals surface area contributed by atoms with E-state index in [1.165, 1.54) is 12.0 Å². The van der Waals surface area contributed by atoms with Gasteiger partial charge in [-0.1, -0.05) is 18.2 Å². The minimum atomic E-state index is 0.00952. The molecule has 22 heavy (non-hydrogen) atoms. The second-order valence-corrected chi connectivity index (χ2v) is 6.80. The van der Waals surface area contributed by atoms with Crippen LogP contribution in [0.2, 0.25) is 0 Å². The van der Waals surface area contributed by atoms with E-state index in [9.17, 15) is 4.79 Å². The van der Waals surface area contributed by atoms with Gasteiger partial charge in [0.15, 0.2) is 0 Å². The number of anilines is 1. The van der Waals surface area contributed by atoms with E-state index in [0.717, 1.165) is 51.1 Å². The maximum Gasteiger partial charge on any atom is 0.241 e. The summed E-state index contributed by atoms with van der Waals surface area (Å²) in [4.78, 5) is 15.1. The fraction of sp³-hybridized carbons (Fsp3) is 0.611. The standard InChI is InChI=1S/C18H24N2O2/c21-18-16(8-7-13-4-1-2-6-15(13)19-18)20-10-9-17-14(12-20)5-3-11-22-17/h1-2,4,6,14,16-17H,3,5,7-12H2,(H,19,21)/t14-,16+,17-/m1/s1. The molecule has 3 heterocycles. The van der Waals surface area contributed by atoms with Gasteiger partial charge in [0.25, 0.3) is 0 Å². The number of ether oxygens (including phenoxy) is 1. The molecule has 0 aromatic heterocycles. The molecule has 0 bridgehead atoms. The number of nitrogens with one attached hydrogen (secondary N) is 1. The Bertz CT molecular complexity index is 560. The molecule has 1 amide bonds. The Kier molecular flexibility index (Phi) is 3.89. The van der Waals surface area contributed by atoms with E-state index in [1.807, 2.05) is 12.1 Å². The molecule has 4 heteroatoms. The summed E-state index contributed by atoms with van der Waals surface area (Å²) in [6.45, 7) is 2.91. The lowest BCUT2D eigenvalue weighted by atomic mass is 9.87. The third-order valence-electron chi connectivity index (χ3n) is 5.45. The molecule has 2 fully saturated rings. The lowest BCUT2D eigenvalue weighted by molar-refractivity contribution is -0.125. The third kappa shape index (κ3) is 2.66. The van der Waals surface area contributed by atoms with Gasteiger partial charge in [-0.05, 0) is 49.7 Å². The van der Waals surface area contributed by atoms with Gasteiger partial charge in [-0.3, -0.25) is 9.69 Å². The fourth-order valence-electron chi connectivity index (χ4n) is 4.25. The number of hydrogen-bond donors (Lipinski definition) is 1. The van der Waals surface area contributed by atoms with Crippen LogP contribution in [-0.4, -0.2) is 42.6 Å². The van der Waals surface area contributed by atoms with Crippen molar-refractivity contribution < 1.29 is 9.53 Å². The zero-order chi connectivity index (χ0) is 14.9. The molecule has 1 N–H and O–H groups in total. The smallest absolute Gasteiger partial charge is 0.241 e. The van der Waals surface area contributed by atoms with E-state index in [1.54, 1.807) is 0 Å². The van der Waals surface area contributed by atoms with Gasteiger partial charge in [0.1, 0.15) is 0 Å². The van der Waals surface area contributed by atoms with Gasteiger partial charge in [-0.2, -0.15) is 0 Å². The van der Waals surface area contributed by atoms with Crippen molar-refractivity contribution in [2.75, 3.05) is 25.0 Å². The van der Waals surface area contributed by atoms with Gasteiger partial charge < -0.3 is 10.1 Å². The number of benzene rings is 1. The molecule has 3 aliphatic heterocycles. The predicted octanol–water partition coefficient (Wildman–Crippen LogP) is 2.44. The highest BCUT2D eigenvalue weighted by Gasteiger charge is 2.37. The van der Waals surface area contributed by atoms with E-state index in [-0.39, 0.29) is 11.9 Å². The number of fused-ring (bicyclic) bond motifs is 2. The molecule has 1 aromatic rings. The average molecular weight is 300 g/mol. The number of carbonyl (C=O) groups excluding carboxylic acids is 1. The summed E-state index contributed by atoms with van der Waals surface area (Å²) in [6, 6.07) is 8.19. The number of nitrogens with zero attached hydrogens (tertiary/aromatic N) is 1.